The van der Waals surface area contributed by atoms with E-state index in [0.717, 1.165) is 0 Å². The predicted molar refractivity (Wildman–Crippen MR) is 76.9 cm³/mol. The summed E-state index contributed by atoms with van der Waals surface area (Å²) < 4.78 is 6.42. The Morgan fingerprint density at radius 2 is 2.00 bits per heavy atom. The Kier molecular flexibility index (Phi) is 5.50. The molecule has 0 aromatic heterocycles. The zero-order valence-corrected chi connectivity index (χ0v) is 12.3. The number of rotatable bonds is 6. The number of hydrogen-bond acceptors (Lipinski definition) is 2. The first-order valence-corrected chi connectivity index (χ1v) is 8.13. The standard InChI is InChI=1S/C16H31NO/c1-3-14(17-2)8-7-9-15-10-13-16(18-15)11-5-4-6-12-16/h14-15,17H,3-13H2,1-2H3. The summed E-state index contributed by atoms with van der Waals surface area (Å²) in [5, 5.41) is 3.39. The Labute approximate surface area is 113 Å². The molecule has 1 saturated carbocycles. The second-order valence-corrected chi connectivity index (χ2v) is 6.35. The van der Waals surface area contributed by atoms with E-state index in [9.17, 15) is 0 Å². The average molecular weight is 253 g/mol. The van der Waals surface area contributed by atoms with Crippen molar-refractivity contribution in [1.29, 1.82) is 0 Å². The molecule has 2 unspecified atom stereocenters. The van der Waals surface area contributed by atoms with Crippen LogP contribution in [0.5, 0.6) is 0 Å². The van der Waals surface area contributed by atoms with E-state index < -0.39 is 0 Å². The SMILES string of the molecule is CCC(CCCC1CCC2(CCCCC2)O1)NC. The van der Waals surface area contributed by atoms with Gasteiger partial charge in [0.1, 0.15) is 0 Å². The molecule has 1 saturated heterocycles. The number of nitrogens with one attached hydrogen (secondary N) is 1. The van der Waals surface area contributed by atoms with Gasteiger partial charge in [-0.2, -0.15) is 0 Å². The molecule has 1 N–H and O–H groups in total. The molecule has 1 spiro atoms. The highest BCUT2D eigenvalue weighted by atomic mass is 16.5. The lowest BCUT2D eigenvalue weighted by molar-refractivity contribution is -0.0661. The van der Waals surface area contributed by atoms with Gasteiger partial charge in [0.05, 0.1) is 11.7 Å². The van der Waals surface area contributed by atoms with Crippen LogP contribution < -0.4 is 5.32 Å². The lowest BCUT2D eigenvalue weighted by atomic mass is 9.83. The van der Waals surface area contributed by atoms with Crippen LogP contribution in [0, 0.1) is 0 Å². The quantitative estimate of drug-likeness (QED) is 0.771. The third kappa shape index (κ3) is 3.71. The van der Waals surface area contributed by atoms with Crippen molar-refractivity contribution in [3.8, 4) is 0 Å². The Bertz CT molecular complexity index is 231. The Morgan fingerprint density at radius 3 is 2.67 bits per heavy atom. The maximum Gasteiger partial charge on any atom is 0.0687 e. The molecular weight excluding hydrogens is 222 g/mol. The summed E-state index contributed by atoms with van der Waals surface area (Å²) in [6, 6.07) is 0.704. The van der Waals surface area contributed by atoms with Crippen LogP contribution in [0.2, 0.25) is 0 Å². The van der Waals surface area contributed by atoms with E-state index in [2.05, 4.69) is 19.3 Å². The highest BCUT2D eigenvalue weighted by Crippen LogP contribution is 2.42. The van der Waals surface area contributed by atoms with Gasteiger partial charge in [0, 0.05) is 6.04 Å². The predicted octanol–water partition coefficient (Wildman–Crippen LogP) is 4.04. The fourth-order valence-electron chi connectivity index (χ4n) is 3.81. The van der Waals surface area contributed by atoms with Gasteiger partial charge in [0.15, 0.2) is 0 Å². The third-order valence-corrected chi connectivity index (χ3v) is 5.08. The molecule has 106 valence electrons. The van der Waals surface area contributed by atoms with Gasteiger partial charge in [-0.05, 0) is 58.4 Å². The molecule has 2 fully saturated rings. The van der Waals surface area contributed by atoms with E-state index in [0.29, 0.717) is 17.7 Å². The second kappa shape index (κ2) is 6.91. The van der Waals surface area contributed by atoms with Gasteiger partial charge in [-0.15, -0.1) is 0 Å². The Morgan fingerprint density at radius 1 is 1.22 bits per heavy atom. The average Bonchev–Trinajstić information content (AvgIpc) is 2.79. The van der Waals surface area contributed by atoms with Crippen molar-refractivity contribution in [3.05, 3.63) is 0 Å². The number of ether oxygens (including phenoxy) is 1. The minimum atomic E-state index is 0.316. The van der Waals surface area contributed by atoms with Gasteiger partial charge in [0.2, 0.25) is 0 Å². The van der Waals surface area contributed by atoms with E-state index in [1.807, 2.05) is 0 Å². The Balaban J connectivity index is 1.66. The molecule has 2 rings (SSSR count). The van der Waals surface area contributed by atoms with Crippen LogP contribution >= 0.6 is 0 Å². The molecule has 2 atom stereocenters. The second-order valence-electron chi connectivity index (χ2n) is 6.35. The van der Waals surface area contributed by atoms with Crippen molar-refractivity contribution in [2.45, 2.75) is 95.3 Å². The Hall–Kier alpha value is -0.0800. The largest absolute Gasteiger partial charge is 0.372 e. The molecular formula is C16H31NO. The summed E-state index contributed by atoms with van der Waals surface area (Å²) in [4.78, 5) is 0. The maximum atomic E-state index is 6.42. The number of hydrogen-bond donors (Lipinski definition) is 1. The summed E-state index contributed by atoms with van der Waals surface area (Å²) in [6.45, 7) is 2.27. The summed E-state index contributed by atoms with van der Waals surface area (Å²) in [5.74, 6) is 0. The van der Waals surface area contributed by atoms with Gasteiger partial charge in [-0.25, -0.2) is 0 Å². The van der Waals surface area contributed by atoms with Crippen molar-refractivity contribution >= 4 is 0 Å². The van der Waals surface area contributed by atoms with Crippen molar-refractivity contribution < 1.29 is 4.74 Å². The van der Waals surface area contributed by atoms with Crippen molar-refractivity contribution in [2.24, 2.45) is 0 Å². The van der Waals surface area contributed by atoms with Crippen LogP contribution in [-0.2, 0) is 4.74 Å². The van der Waals surface area contributed by atoms with Crippen LogP contribution in [0.1, 0.15) is 77.6 Å². The molecule has 0 amide bonds. The summed E-state index contributed by atoms with van der Waals surface area (Å²) in [5.41, 5.74) is 0.316. The monoisotopic (exact) mass is 253 g/mol. The summed E-state index contributed by atoms with van der Waals surface area (Å²) in [6.07, 6.45) is 15.2. The molecule has 2 aliphatic rings. The zero-order chi connectivity index (χ0) is 12.8. The van der Waals surface area contributed by atoms with Crippen LogP contribution in [0.25, 0.3) is 0 Å². The van der Waals surface area contributed by atoms with Crippen LogP contribution in [0.3, 0.4) is 0 Å². The summed E-state index contributed by atoms with van der Waals surface area (Å²) in [7, 11) is 2.08. The topological polar surface area (TPSA) is 21.3 Å². The van der Waals surface area contributed by atoms with Crippen LogP contribution in [0.15, 0.2) is 0 Å². The highest BCUT2D eigenvalue weighted by molar-refractivity contribution is 4.91. The molecule has 0 aromatic rings. The molecule has 1 aliphatic carbocycles. The molecule has 0 radical (unpaired) electrons. The minimum Gasteiger partial charge on any atom is -0.372 e. The fourth-order valence-corrected chi connectivity index (χ4v) is 3.81. The first kappa shape index (κ1) is 14.3. The molecule has 18 heavy (non-hydrogen) atoms. The maximum absolute atomic E-state index is 6.42. The minimum absolute atomic E-state index is 0.316. The van der Waals surface area contributed by atoms with Crippen LogP contribution in [0.4, 0.5) is 0 Å². The molecule has 2 heteroatoms. The van der Waals surface area contributed by atoms with Crippen molar-refractivity contribution in [2.75, 3.05) is 7.05 Å². The van der Waals surface area contributed by atoms with E-state index in [1.165, 1.54) is 70.6 Å². The van der Waals surface area contributed by atoms with Gasteiger partial charge in [0.25, 0.3) is 0 Å². The van der Waals surface area contributed by atoms with E-state index >= 15 is 0 Å². The van der Waals surface area contributed by atoms with Crippen LogP contribution in [-0.4, -0.2) is 24.8 Å². The lowest BCUT2D eigenvalue weighted by Crippen LogP contribution is -2.31. The smallest absolute Gasteiger partial charge is 0.0687 e. The first-order chi connectivity index (χ1) is 8.78. The highest BCUT2D eigenvalue weighted by Gasteiger charge is 2.40. The van der Waals surface area contributed by atoms with Gasteiger partial charge in [-0.1, -0.05) is 26.2 Å². The lowest BCUT2D eigenvalue weighted by Gasteiger charge is -2.33. The normalized spacial score (nSPS) is 28.7. The van der Waals surface area contributed by atoms with Crippen molar-refractivity contribution in [3.63, 3.8) is 0 Å². The van der Waals surface area contributed by atoms with E-state index in [4.69, 9.17) is 4.74 Å². The summed E-state index contributed by atoms with van der Waals surface area (Å²) >= 11 is 0. The fraction of sp³-hybridized carbons (Fsp3) is 1.00. The van der Waals surface area contributed by atoms with Crippen molar-refractivity contribution in [1.82, 2.24) is 5.32 Å². The first-order valence-electron chi connectivity index (χ1n) is 8.13. The third-order valence-electron chi connectivity index (χ3n) is 5.08. The van der Waals surface area contributed by atoms with E-state index in [1.54, 1.807) is 0 Å². The zero-order valence-electron chi connectivity index (χ0n) is 12.3. The van der Waals surface area contributed by atoms with Gasteiger partial charge in [-0.3, -0.25) is 0 Å². The molecule has 0 bridgehead atoms. The molecule has 0 aromatic carbocycles. The molecule has 1 aliphatic heterocycles. The van der Waals surface area contributed by atoms with Gasteiger partial charge >= 0.3 is 0 Å². The van der Waals surface area contributed by atoms with E-state index in [-0.39, 0.29) is 0 Å². The van der Waals surface area contributed by atoms with Gasteiger partial charge < -0.3 is 10.1 Å². The molecule has 2 nitrogen and oxygen atoms in total. The molecule has 1 heterocycles.